The number of hydrogen-bond acceptors (Lipinski definition) is 4. The van der Waals surface area contributed by atoms with Crippen LogP contribution >= 0.6 is 0 Å². The fraction of sp³-hybridized carbons (Fsp3) is 0.680. The van der Waals surface area contributed by atoms with E-state index in [2.05, 4.69) is 13.8 Å². The van der Waals surface area contributed by atoms with Gasteiger partial charge < -0.3 is 5.11 Å². The molecule has 162 valence electrons. The second-order valence-electron chi connectivity index (χ2n) is 10.5. The van der Waals surface area contributed by atoms with E-state index in [1.54, 1.807) is 19.1 Å². The number of aliphatic carboxylic acids is 1. The van der Waals surface area contributed by atoms with Crippen molar-refractivity contribution in [3.8, 4) is 0 Å². The number of carbonyl (C=O) groups excluding carboxylic acids is 3. The summed E-state index contributed by atoms with van der Waals surface area (Å²) in [5.41, 5.74) is -0.352. The molecule has 0 heterocycles. The van der Waals surface area contributed by atoms with Gasteiger partial charge in [-0.25, -0.2) is 0 Å². The summed E-state index contributed by atoms with van der Waals surface area (Å²) in [6.07, 6.45) is 10.1. The molecule has 5 heteroatoms. The predicted molar refractivity (Wildman–Crippen MR) is 112 cm³/mol. The molecular formula is C25H32O5. The molecule has 0 unspecified atom stereocenters. The summed E-state index contributed by atoms with van der Waals surface area (Å²) < 4.78 is 0. The van der Waals surface area contributed by atoms with Crippen molar-refractivity contribution < 1.29 is 24.3 Å². The van der Waals surface area contributed by atoms with E-state index in [0.717, 1.165) is 31.3 Å². The Balaban J connectivity index is 1.70. The number of Topliss-reactive ketones (excluding diaryl/α,β-unsaturated/α-hetero) is 2. The minimum Gasteiger partial charge on any atom is -0.481 e. The highest BCUT2D eigenvalue weighted by Crippen LogP contribution is 2.69. The SMILES string of the molecule is CC(=O)[C@@]1(CCCC(=O)O)CC[C@H]2[C@@H]3CCC4=CC(=O)C=C[C@]4(C)[C@H]3C(=O)C[C@@]21C. The highest BCUT2D eigenvalue weighted by Gasteiger charge is 2.67. The third-order valence-electron chi connectivity index (χ3n) is 9.29. The molecule has 5 nitrogen and oxygen atoms in total. The van der Waals surface area contributed by atoms with Crippen LogP contribution in [0.4, 0.5) is 0 Å². The Labute approximate surface area is 178 Å². The first-order valence-corrected chi connectivity index (χ1v) is 11.2. The molecule has 3 saturated carbocycles. The van der Waals surface area contributed by atoms with Crippen LogP contribution in [0.15, 0.2) is 23.8 Å². The third kappa shape index (κ3) is 2.80. The van der Waals surface area contributed by atoms with Crippen molar-refractivity contribution >= 4 is 23.3 Å². The number of fused-ring (bicyclic) bond motifs is 5. The van der Waals surface area contributed by atoms with Gasteiger partial charge in [-0.1, -0.05) is 25.5 Å². The zero-order valence-electron chi connectivity index (χ0n) is 18.2. The molecule has 4 rings (SSSR count). The van der Waals surface area contributed by atoms with Gasteiger partial charge in [0, 0.05) is 29.6 Å². The first-order valence-electron chi connectivity index (χ1n) is 11.2. The van der Waals surface area contributed by atoms with Crippen LogP contribution in [0, 0.1) is 34.0 Å². The van der Waals surface area contributed by atoms with Crippen LogP contribution in [0.25, 0.3) is 0 Å². The molecule has 0 aliphatic heterocycles. The van der Waals surface area contributed by atoms with Crippen LogP contribution in [-0.2, 0) is 19.2 Å². The maximum absolute atomic E-state index is 13.7. The van der Waals surface area contributed by atoms with Crippen molar-refractivity contribution in [3.63, 3.8) is 0 Å². The number of allylic oxidation sites excluding steroid dienone is 4. The standard InChI is InChI=1S/C25H32O5/c1-15(26)25(10-4-5-21(29)30)12-9-19-18-7-6-16-13-17(27)8-11-23(16,2)22(18)20(28)14-24(19,25)3/h8,11,13,18-19,22H,4-7,9-10,12,14H2,1-3H3,(H,29,30)/t18-,19-,22+,23-,24-,25+/m0/s1. The molecular weight excluding hydrogens is 380 g/mol. The number of carbonyl (C=O) groups is 4. The minimum absolute atomic E-state index is 0.00363. The van der Waals surface area contributed by atoms with E-state index < -0.39 is 22.2 Å². The fourth-order valence-electron chi connectivity index (χ4n) is 7.85. The monoisotopic (exact) mass is 412 g/mol. The average Bonchev–Trinajstić information content (AvgIpc) is 2.95. The first kappa shape index (κ1) is 21.2. The highest BCUT2D eigenvalue weighted by atomic mass is 16.4. The second-order valence-corrected chi connectivity index (χ2v) is 10.5. The zero-order valence-corrected chi connectivity index (χ0v) is 18.2. The molecule has 0 aromatic carbocycles. The highest BCUT2D eigenvalue weighted by molar-refractivity contribution is 6.02. The van der Waals surface area contributed by atoms with Gasteiger partial charge in [-0.15, -0.1) is 0 Å². The lowest BCUT2D eigenvalue weighted by Crippen LogP contribution is -2.57. The lowest BCUT2D eigenvalue weighted by atomic mass is 9.45. The molecule has 4 aliphatic carbocycles. The van der Waals surface area contributed by atoms with E-state index in [9.17, 15) is 19.2 Å². The van der Waals surface area contributed by atoms with Gasteiger partial charge in [0.1, 0.15) is 11.6 Å². The number of hydrogen-bond donors (Lipinski definition) is 1. The third-order valence-corrected chi connectivity index (χ3v) is 9.29. The smallest absolute Gasteiger partial charge is 0.303 e. The van der Waals surface area contributed by atoms with Gasteiger partial charge in [0.2, 0.25) is 0 Å². The molecule has 0 saturated heterocycles. The van der Waals surface area contributed by atoms with Crippen molar-refractivity contribution in [2.75, 3.05) is 0 Å². The maximum atomic E-state index is 13.7. The molecule has 0 amide bonds. The Morgan fingerprint density at radius 3 is 2.60 bits per heavy atom. The normalized spacial score (nSPS) is 42.2. The van der Waals surface area contributed by atoms with Gasteiger partial charge in [-0.3, -0.25) is 19.2 Å². The van der Waals surface area contributed by atoms with E-state index in [1.807, 2.05) is 6.08 Å². The molecule has 0 aromatic heterocycles. The predicted octanol–water partition coefficient (Wildman–Crippen LogP) is 4.30. The van der Waals surface area contributed by atoms with Gasteiger partial charge in [0.05, 0.1) is 0 Å². The Hall–Kier alpha value is -2.04. The van der Waals surface area contributed by atoms with E-state index in [1.165, 1.54) is 0 Å². The van der Waals surface area contributed by atoms with Crippen molar-refractivity contribution in [2.24, 2.45) is 34.0 Å². The summed E-state index contributed by atoms with van der Waals surface area (Å²) >= 11 is 0. The number of rotatable bonds is 5. The fourth-order valence-corrected chi connectivity index (χ4v) is 7.85. The van der Waals surface area contributed by atoms with E-state index in [4.69, 9.17) is 5.11 Å². The van der Waals surface area contributed by atoms with Crippen molar-refractivity contribution in [1.82, 2.24) is 0 Å². The van der Waals surface area contributed by atoms with E-state index >= 15 is 0 Å². The topological polar surface area (TPSA) is 88.5 Å². The minimum atomic E-state index is -0.841. The largest absolute Gasteiger partial charge is 0.481 e. The molecule has 4 aliphatic rings. The number of ketones is 3. The summed E-state index contributed by atoms with van der Waals surface area (Å²) in [6, 6.07) is 0. The van der Waals surface area contributed by atoms with Gasteiger partial charge >= 0.3 is 5.97 Å². The zero-order chi connectivity index (χ0) is 21.9. The molecule has 0 spiro atoms. The molecule has 0 aromatic rings. The van der Waals surface area contributed by atoms with Crippen molar-refractivity contribution in [2.45, 2.75) is 72.1 Å². The summed E-state index contributed by atoms with van der Waals surface area (Å²) in [6.45, 7) is 5.84. The molecule has 3 fully saturated rings. The number of carboxylic acid groups (broad SMARTS) is 1. The quantitative estimate of drug-likeness (QED) is 0.727. The van der Waals surface area contributed by atoms with E-state index in [0.29, 0.717) is 19.3 Å². The van der Waals surface area contributed by atoms with Crippen LogP contribution in [0.2, 0.25) is 0 Å². The van der Waals surface area contributed by atoms with Gasteiger partial charge in [-0.05, 0) is 74.9 Å². The lowest BCUT2D eigenvalue weighted by Gasteiger charge is -2.57. The van der Waals surface area contributed by atoms with Crippen LogP contribution in [0.5, 0.6) is 0 Å². The molecule has 6 atom stereocenters. The summed E-state index contributed by atoms with van der Waals surface area (Å²) in [5.74, 6) is -0.182. The lowest BCUT2D eigenvalue weighted by molar-refractivity contribution is -0.154. The number of carboxylic acids is 1. The molecule has 30 heavy (non-hydrogen) atoms. The van der Waals surface area contributed by atoms with E-state index in [-0.39, 0.29) is 41.5 Å². The Bertz CT molecular complexity index is 882. The average molecular weight is 413 g/mol. The van der Waals surface area contributed by atoms with Gasteiger partial charge in [-0.2, -0.15) is 0 Å². The van der Waals surface area contributed by atoms with Crippen LogP contribution in [-0.4, -0.2) is 28.4 Å². The van der Waals surface area contributed by atoms with Gasteiger partial charge in [0.15, 0.2) is 5.78 Å². The Morgan fingerprint density at radius 2 is 1.93 bits per heavy atom. The van der Waals surface area contributed by atoms with Gasteiger partial charge in [0.25, 0.3) is 0 Å². The first-order chi connectivity index (χ1) is 14.0. The molecule has 0 radical (unpaired) electrons. The van der Waals surface area contributed by atoms with Crippen molar-refractivity contribution in [3.05, 3.63) is 23.8 Å². The summed E-state index contributed by atoms with van der Waals surface area (Å²) in [5, 5.41) is 9.09. The van der Waals surface area contributed by atoms with Crippen LogP contribution < -0.4 is 0 Å². The van der Waals surface area contributed by atoms with Crippen LogP contribution in [0.3, 0.4) is 0 Å². The second kappa shape index (κ2) is 7.00. The molecule has 0 bridgehead atoms. The maximum Gasteiger partial charge on any atom is 0.303 e. The summed E-state index contributed by atoms with van der Waals surface area (Å²) in [7, 11) is 0. The summed E-state index contributed by atoms with van der Waals surface area (Å²) in [4.78, 5) is 49.6. The van der Waals surface area contributed by atoms with Crippen LogP contribution in [0.1, 0.15) is 72.1 Å². The Morgan fingerprint density at radius 1 is 1.20 bits per heavy atom. The van der Waals surface area contributed by atoms with Crippen molar-refractivity contribution in [1.29, 1.82) is 0 Å². The molecule has 1 N–H and O–H groups in total. The Kier molecular flexibility index (Phi) is 4.94.